The highest BCUT2D eigenvalue weighted by molar-refractivity contribution is 6.23. The summed E-state index contributed by atoms with van der Waals surface area (Å²) in [5.74, 6) is 1.83. The van der Waals surface area contributed by atoms with Crippen molar-refractivity contribution < 1.29 is 4.42 Å². The number of aromatic nitrogens is 4. The molecule has 0 saturated carbocycles. The fraction of sp³-hybridized carbons (Fsp3) is 0. The maximum Gasteiger partial charge on any atom is 0.164 e. The van der Waals surface area contributed by atoms with E-state index in [0.717, 1.165) is 66.3 Å². The smallest absolute Gasteiger partial charge is 0.164 e. The van der Waals surface area contributed by atoms with Crippen molar-refractivity contribution in [1.29, 1.82) is 0 Å². The van der Waals surface area contributed by atoms with Gasteiger partial charge in [0.25, 0.3) is 0 Å². The van der Waals surface area contributed by atoms with Crippen molar-refractivity contribution in [2.75, 3.05) is 0 Å². The zero-order valence-electron chi connectivity index (χ0n) is 26.9. The second kappa shape index (κ2) is 11.4. The van der Waals surface area contributed by atoms with Gasteiger partial charge in [0.1, 0.15) is 5.58 Å². The van der Waals surface area contributed by atoms with E-state index in [-0.39, 0.29) is 0 Å². The fourth-order valence-electron chi connectivity index (χ4n) is 7.15. The number of furan rings is 1. The summed E-state index contributed by atoms with van der Waals surface area (Å²) >= 11 is 0. The molecule has 0 N–H and O–H groups in total. The van der Waals surface area contributed by atoms with Crippen molar-refractivity contribution >= 4 is 43.7 Å². The standard InChI is InChI=1S/C45H28N4O/c1-4-13-29(14-5-1)30-23-25-32(26-24-30)44-46-43(31-15-6-2-7-16-31)47-45(48-44)37-20-12-22-39-40(37)36-28-27-35-34-19-10-11-21-38(34)49(41(35)42(36)50-39)33-17-8-3-9-18-33/h1-28H. The van der Waals surface area contributed by atoms with Gasteiger partial charge in [-0.1, -0.05) is 140 Å². The van der Waals surface area contributed by atoms with E-state index in [1.165, 1.54) is 10.9 Å². The molecule has 0 amide bonds. The lowest BCUT2D eigenvalue weighted by atomic mass is 10.0. The first-order valence-corrected chi connectivity index (χ1v) is 16.7. The Bertz CT molecular complexity index is 2840. The van der Waals surface area contributed by atoms with Crippen LogP contribution in [0, 0.1) is 0 Å². The Hall–Kier alpha value is -6.85. The van der Waals surface area contributed by atoms with Gasteiger partial charge in [0.2, 0.25) is 0 Å². The van der Waals surface area contributed by atoms with E-state index in [1.807, 2.05) is 54.6 Å². The molecule has 0 aliphatic heterocycles. The third-order valence-corrected chi connectivity index (χ3v) is 9.47. The summed E-state index contributed by atoms with van der Waals surface area (Å²) in [5.41, 5.74) is 9.92. The molecule has 234 valence electrons. The van der Waals surface area contributed by atoms with Crippen LogP contribution < -0.4 is 0 Å². The van der Waals surface area contributed by atoms with Gasteiger partial charge < -0.3 is 8.98 Å². The van der Waals surface area contributed by atoms with E-state index in [9.17, 15) is 0 Å². The molecule has 10 aromatic rings. The summed E-state index contributed by atoms with van der Waals surface area (Å²) in [4.78, 5) is 15.2. The minimum Gasteiger partial charge on any atom is -0.454 e. The molecule has 0 saturated heterocycles. The molecule has 7 aromatic carbocycles. The zero-order chi connectivity index (χ0) is 33.0. The van der Waals surface area contributed by atoms with Gasteiger partial charge in [-0.05, 0) is 41.5 Å². The van der Waals surface area contributed by atoms with Crippen LogP contribution in [0.2, 0.25) is 0 Å². The molecule has 10 rings (SSSR count). The highest BCUT2D eigenvalue weighted by atomic mass is 16.3. The minimum atomic E-state index is 0.595. The summed E-state index contributed by atoms with van der Waals surface area (Å²) in [7, 11) is 0. The van der Waals surface area contributed by atoms with E-state index < -0.39 is 0 Å². The Labute approximate surface area is 287 Å². The van der Waals surface area contributed by atoms with Crippen LogP contribution in [0.25, 0.3) is 94.7 Å². The topological polar surface area (TPSA) is 56.7 Å². The molecule has 50 heavy (non-hydrogen) atoms. The fourth-order valence-corrected chi connectivity index (χ4v) is 7.15. The first kappa shape index (κ1) is 28.2. The van der Waals surface area contributed by atoms with Crippen LogP contribution in [0.15, 0.2) is 174 Å². The molecule has 0 radical (unpaired) electrons. The molecular formula is C45H28N4O. The molecule has 0 fully saturated rings. The lowest BCUT2D eigenvalue weighted by Gasteiger charge is -2.10. The van der Waals surface area contributed by atoms with Gasteiger partial charge in [-0.2, -0.15) is 0 Å². The minimum absolute atomic E-state index is 0.595. The number of nitrogens with zero attached hydrogens (tertiary/aromatic N) is 4. The van der Waals surface area contributed by atoms with Gasteiger partial charge in [0.05, 0.1) is 11.0 Å². The summed E-state index contributed by atoms with van der Waals surface area (Å²) in [5, 5.41) is 4.32. The lowest BCUT2D eigenvalue weighted by molar-refractivity contribution is 0.671. The predicted molar refractivity (Wildman–Crippen MR) is 203 cm³/mol. The van der Waals surface area contributed by atoms with Crippen molar-refractivity contribution in [3.8, 4) is 51.0 Å². The Morgan fingerprint density at radius 2 is 0.960 bits per heavy atom. The van der Waals surface area contributed by atoms with Gasteiger partial charge in [-0.15, -0.1) is 0 Å². The molecule has 5 heteroatoms. The van der Waals surface area contributed by atoms with Gasteiger partial charge in [0, 0.05) is 43.9 Å². The largest absolute Gasteiger partial charge is 0.454 e. The quantitative estimate of drug-likeness (QED) is 0.188. The Kier molecular flexibility index (Phi) is 6.42. The van der Waals surface area contributed by atoms with E-state index >= 15 is 0 Å². The van der Waals surface area contributed by atoms with Crippen molar-refractivity contribution in [2.24, 2.45) is 0 Å². The Morgan fingerprint density at radius 1 is 0.400 bits per heavy atom. The highest BCUT2D eigenvalue weighted by Crippen LogP contribution is 2.43. The molecule has 5 nitrogen and oxygen atoms in total. The molecule has 0 aliphatic carbocycles. The van der Waals surface area contributed by atoms with Crippen LogP contribution in [0.5, 0.6) is 0 Å². The Balaban J connectivity index is 1.21. The number of benzene rings is 7. The number of rotatable bonds is 5. The van der Waals surface area contributed by atoms with Crippen LogP contribution in [0.4, 0.5) is 0 Å². The van der Waals surface area contributed by atoms with Crippen molar-refractivity contribution in [3.63, 3.8) is 0 Å². The molecule has 3 heterocycles. The number of hydrogen-bond donors (Lipinski definition) is 0. The number of fused-ring (bicyclic) bond motifs is 7. The van der Waals surface area contributed by atoms with Crippen molar-refractivity contribution in [3.05, 3.63) is 170 Å². The SMILES string of the molecule is c1ccc(-c2ccc(-c3nc(-c4ccccc4)nc(-c4cccc5oc6c(ccc7c8ccccc8n(-c8ccccc8)c76)c45)n3)cc2)cc1. The number of para-hydroxylation sites is 2. The lowest BCUT2D eigenvalue weighted by Crippen LogP contribution is -2.00. The number of hydrogen-bond acceptors (Lipinski definition) is 4. The summed E-state index contributed by atoms with van der Waals surface area (Å²) in [6, 6.07) is 58.4. The molecule has 0 unspecified atom stereocenters. The summed E-state index contributed by atoms with van der Waals surface area (Å²) in [6.07, 6.45) is 0. The predicted octanol–water partition coefficient (Wildman–Crippen LogP) is 11.5. The molecule has 0 spiro atoms. The van der Waals surface area contributed by atoms with Gasteiger partial charge in [-0.25, -0.2) is 15.0 Å². The van der Waals surface area contributed by atoms with Crippen LogP contribution in [0.1, 0.15) is 0 Å². The molecule has 0 atom stereocenters. The van der Waals surface area contributed by atoms with E-state index in [1.54, 1.807) is 0 Å². The van der Waals surface area contributed by atoms with Gasteiger partial charge in [0.15, 0.2) is 23.1 Å². The van der Waals surface area contributed by atoms with E-state index in [2.05, 4.69) is 120 Å². The molecule has 3 aromatic heterocycles. The molecule has 0 aliphatic rings. The monoisotopic (exact) mass is 640 g/mol. The summed E-state index contributed by atoms with van der Waals surface area (Å²) in [6.45, 7) is 0. The van der Waals surface area contributed by atoms with E-state index in [0.29, 0.717) is 17.5 Å². The first-order chi connectivity index (χ1) is 24.8. The average molecular weight is 641 g/mol. The van der Waals surface area contributed by atoms with Gasteiger partial charge in [-0.3, -0.25) is 0 Å². The summed E-state index contributed by atoms with van der Waals surface area (Å²) < 4.78 is 9.12. The maximum absolute atomic E-state index is 6.81. The first-order valence-electron chi connectivity index (χ1n) is 16.7. The van der Waals surface area contributed by atoms with Crippen molar-refractivity contribution in [2.45, 2.75) is 0 Å². The van der Waals surface area contributed by atoms with Crippen molar-refractivity contribution in [1.82, 2.24) is 19.5 Å². The second-order valence-electron chi connectivity index (χ2n) is 12.4. The molecular weight excluding hydrogens is 613 g/mol. The maximum atomic E-state index is 6.81. The third-order valence-electron chi connectivity index (χ3n) is 9.47. The second-order valence-corrected chi connectivity index (χ2v) is 12.4. The van der Waals surface area contributed by atoms with Crippen LogP contribution in [-0.2, 0) is 0 Å². The third kappa shape index (κ3) is 4.52. The van der Waals surface area contributed by atoms with Crippen LogP contribution in [0.3, 0.4) is 0 Å². The zero-order valence-corrected chi connectivity index (χ0v) is 26.9. The van der Waals surface area contributed by atoms with E-state index in [4.69, 9.17) is 19.4 Å². The normalized spacial score (nSPS) is 11.6. The highest BCUT2D eigenvalue weighted by Gasteiger charge is 2.22. The van der Waals surface area contributed by atoms with Gasteiger partial charge >= 0.3 is 0 Å². The average Bonchev–Trinajstić information content (AvgIpc) is 3.75. The Morgan fingerprint density at radius 3 is 1.70 bits per heavy atom. The molecule has 0 bridgehead atoms. The van der Waals surface area contributed by atoms with Crippen LogP contribution >= 0.6 is 0 Å². The van der Waals surface area contributed by atoms with Crippen LogP contribution in [-0.4, -0.2) is 19.5 Å².